The molecule has 0 heterocycles. The number of rotatable bonds is 2. The maximum absolute atomic E-state index is 12.4. The molecule has 1 atom stereocenters. The second kappa shape index (κ2) is 2.39. The molecule has 3 nitrogen and oxygen atoms in total. The summed E-state index contributed by atoms with van der Waals surface area (Å²) in [5.74, 6) is -3.68. The van der Waals surface area contributed by atoms with Gasteiger partial charge < -0.3 is 10.8 Å². The van der Waals surface area contributed by atoms with Crippen molar-refractivity contribution in [2.75, 3.05) is 0 Å². The predicted octanol–water partition coefficient (Wildman–Crippen LogP) is 0.268. The van der Waals surface area contributed by atoms with E-state index in [1.165, 1.54) is 6.92 Å². The third kappa shape index (κ3) is 1.41. The van der Waals surface area contributed by atoms with Gasteiger partial charge in [-0.1, -0.05) is 6.92 Å². The van der Waals surface area contributed by atoms with Crippen molar-refractivity contribution < 1.29 is 18.7 Å². The molecule has 0 radical (unpaired) electrons. The topological polar surface area (TPSA) is 63.3 Å². The van der Waals surface area contributed by atoms with E-state index in [9.17, 15) is 13.6 Å². The summed E-state index contributed by atoms with van der Waals surface area (Å²) in [6.07, 6.45) is -2.40. The maximum Gasteiger partial charge on any atom is 0.249 e. The molecule has 1 aliphatic carbocycles. The molecular formula is C7H11F2NO2. The number of aliphatic hydroxyl groups excluding tert-OH is 1. The van der Waals surface area contributed by atoms with Crippen molar-refractivity contribution in [2.45, 2.75) is 31.8 Å². The molecule has 1 unspecified atom stereocenters. The molecule has 0 aromatic rings. The third-order valence-electron chi connectivity index (χ3n) is 2.25. The third-order valence-corrected chi connectivity index (χ3v) is 2.25. The summed E-state index contributed by atoms with van der Waals surface area (Å²) in [5, 5.41) is 9.13. The molecule has 1 fully saturated rings. The fraction of sp³-hybridized carbons (Fsp3) is 0.857. The molecule has 1 aliphatic rings. The number of nitrogens with two attached hydrogens (primary N) is 1. The summed E-state index contributed by atoms with van der Waals surface area (Å²) in [4.78, 5) is 10.5. The molecule has 1 amide bonds. The average Bonchev–Trinajstić information content (AvgIpc) is 1.81. The molecule has 12 heavy (non-hydrogen) atoms. The second-order valence-corrected chi connectivity index (χ2v) is 3.67. The average molecular weight is 179 g/mol. The Bertz CT molecular complexity index is 209. The summed E-state index contributed by atoms with van der Waals surface area (Å²) < 4.78 is 24.8. The van der Waals surface area contributed by atoms with Gasteiger partial charge in [-0.15, -0.1) is 0 Å². The van der Waals surface area contributed by atoms with E-state index in [-0.39, 0.29) is 0 Å². The zero-order chi connectivity index (χ0) is 9.57. The highest BCUT2D eigenvalue weighted by Crippen LogP contribution is 2.53. The van der Waals surface area contributed by atoms with Gasteiger partial charge in [0.25, 0.3) is 0 Å². The van der Waals surface area contributed by atoms with Crippen molar-refractivity contribution in [3.63, 3.8) is 0 Å². The fourth-order valence-electron chi connectivity index (χ4n) is 1.67. The van der Waals surface area contributed by atoms with Crippen LogP contribution < -0.4 is 5.73 Å². The highest BCUT2D eigenvalue weighted by Gasteiger charge is 2.58. The van der Waals surface area contributed by atoms with Crippen molar-refractivity contribution >= 4 is 5.91 Å². The smallest absolute Gasteiger partial charge is 0.249 e. The van der Waals surface area contributed by atoms with E-state index >= 15 is 0 Å². The van der Waals surface area contributed by atoms with Gasteiger partial charge in [-0.3, -0.25) is 4.79 Å². The molecule has 0 aromatic carbocycles. The predicted molar refractivity (Wildman–Crippen MR) is 37.5 cm³/mol. The zero-order valence-electron chi connectivity index (χ0n) is 6.68. The number of aliphatic hydroxyl groups is 1. The van der Waals surface area contributed by atoms with Crippen LogP contribution >= 0.6 is 0 Å². The van der Waals surface area contributed by atoms with Gasteiger partial charge in [-0.05, 0) is 0 Å². The number of hydrogen-bond donors (Lipinski definition) is 2. The summed E-state index contributed by atoms with van der Waals surface area (Å²) in [5.41, 5.74) is 3.75. The van der Waals surface area contributed by atoms with Crippen molar-refractivity contribution in [3.8, 4) is 0 Å². The van der Waals surface area contributed by atoms with Crippen molar-refractivity contribution in [1.29, 1.82) is 0 Å². The van der Waals surface area contributed by atoms with Crippen LogP contribution in [0, 0.1) is 5.41 Å². The normalized spacial score (nSPS) is 27.3. The number of hydrogen-bond acceptors (Lipinski definition) is 2. The molecule has 0 aromatic heterocycles. The first-order valence-electron chi connectivity index (χ1n) is 3.62. The molecule has 0 saturated heterocycles. The lowest BCUT2D eigenvalue weighted by molar-refractivity contribution is -0.193. The van der Waals surface area contributed by atoms with Crippen LogP contribution in [0.2, 0.25) is 0 Å². The van der Waals surface area contributed by atoms with E-state index in [0.29, 0.717) is 0 Å². The first-order chi connectivity index (χ1) is 5.27. The standard InChI is InChI=1S/C7H11F2NO2/c1-6(4(11)5(10)12)2-7(8,9)3-6/h4,11H,2-3H2,1H3,(H2,10,12). The Labute approximate surface area is 68.5 Å². The summed E-state index contributed by atoms with van der Waals surface area (Å²) >= 11 is 0. The lowest BCUT2D eigenvalue weighted by Gasteiger charge is -2.46. The van der Waals surface area contributed by atoms with Gasteiger partial charge in [-0.2, -0.15) is 0 Å². The lowest BCUT2D eigenvalue weighted by Crippen LogP contribution is -2.55. The molecule has 70 valence electrons. The van der Waals surface area contributed by atoms with Gasteiger partial charge in [-0.25, -0.2) is 8.78 Å². The number of carbonyl (C=O) groups excluding carboxylic acids is 1. The Kier molecular flexibility index (Phi) is 1.87. The summed E-state index contributed by atoms with van der Waals surface area (Å²) in [6, 6.07) is 0. The highest BCUT2D eigenvalue weighted by atomic mass is 19.3. The van der Waals surface area contributed by atoms with Crippen molar-refractivity contribution in [3.05, 3.63) is 0 Å². The van der Waals surface area contributed by atoms with Gasteiger partial charge in [0.2, 0.25) is 11.8 Å². The van der Waals surface area contributed by atoms with Crippen LogP contribution in [-0.2, 0) is 4.79 Å². The first kappa shape index (κ1) is 9.38. The van der Waals surface area contributed by atoms with Crippen molar-refractivity contribution in [2.24, 2.45) is 11.1 Å². The summed E-state index contributed by atoms with van der Waals surface area (Å²) in [7, 11) is 0. The minimum Gasteiger partial charge on any atom is -0.383 e. The van der Waals surface area contributed by atoms with E-state index in [2.05, 4.69) is 0 Å². The number of primary amides is 1. The Balaban J connectivity index is 2.60. The van der Waals surface area contributed by atoms with Crippen LogP contribution in [0.25, 0.3) is 0 Å². The molecule has 5 heteroatoms. The molecule has 0 spiro atoms. The minimum atomic E-state index is -2.74. The highest BCUT2D eigenvalue weighted by molar-refractivity contribution is 5.79. The van der Waals surface area contributed by atoms with Crippen LogP contribution in [0.1, 0.15) is 19.8 Å². The molecule has 1 rings (SSSR count). The largest absolute Gasteiger partial charge is 0.383 e. The quantitative estimate of drug-likeness (QED) is 0.639. The van der Waals surface area contributed by atoms with Crippen LogP contribution in [0.3, 0.4) is 0 Å². The first-order valence-corrected chi connectivity index (χ1v) is 3.62. The maximum atomic E-state index is 12.4. The molecule has 1 saturated carbocycles. The van der Waals surface area contributed by atoms with Gasteiger partial charge in [0.1, 0.15) is 6.10 Å². The van der Waals surface area contributed by atoms with Gasteiger partial charge in [0, 0.05) is 18.3 Å². The minimum absolute atomic E-state index is 0.468. The van der Waals surface area contributed by atoms with Crippen LogP contribution in [0.4, 0.5) is 8.78 Å². The second-order valence-electron chi connectivity index (χ2n) is 3.67. The van der Waals surface area contributed by atoms with E-state index in [4.69, 9.17) is 10.8 Å². The van der Waals surface area contributed by atoms with Gasteiger partial charge >= 0.3 is 0 Å². The number of alkyl halides is 2. The number of halogens is 2. The van der Waals surface area contributed by atoms with Gasteiger partial charge in [0.15, 0.2) is 0 Å². The summed E-state index contributed by atoms with van der Waals surface area (Å²) in [6.45, 7) is 1.43. The number of carbonyl (C=O) groups is 1. The zero-order valence-corrected chi connectivity index (χ0v) is 6.68. The van der Waals surface area contributed by atoms with Crippen LogP contribution in [0.5, 0.6) is 0 Å². The van der Waals surface area contributed by atoms with Crippen LogP contribution in [0.15, 0.2) is 0 Å². The van der Waals surface area contributed by atoms with E-state index in [1.807, 2.05) is 0 Å². The van der Waals surface area contributed by atoms with Crippen LogP contribution in [-0.4, -0.2) is 23.0 Å². The van der Waals surface area contributed by atoms with Crippen molar-refractivity contribution in [1.82, 2.24) is 0 Å². The monoisotopic (exact) mass is 179 g/mol. The lowest BCUT2D eigenvalue weighted by atomic mass is 9.64. The van der Waals surface area contributed by atoms with E-state index in [0.717, 1.165) is 0 Å². The molecule has 0 bridgehead atoms. The Morgan fingerprint density at radius 3 is 2.25 bits per heavy atom. The molecule has 3 N–H and O–H groups in total. The SMILES string of the molecule is CC1(C(O)C(N)=O)CC(F)(F)C1. The molecular weight excluding hydrogens is 168 g/mol. The van der Waals surface area contributed by atoms with Gasteiger partial charge in [0.05, 0.1) is 0 Å². The Morgan fingerprint density at radius 1 is 1.58 bits per heavy atom. The van der Waals surface area contributed by atoms with E-state index in [1.54, 1.807) is 0 Å². The van der Waals surface area contributed by atoms with E-state index < -0.39 is 36.2 Å². The fourth-order valence-corrected chi connectivity index (χ4v) is 1.67. The Morgan fingerprint density at radius 2 is 2.00 bits per heavy atom. The molecule has 0 aliphatic heterocycles. The Hall–Kier alpha value is -0.710. The number of amides is 1.